The van der Waals surface area contributed by atoms with Crippen molar-refractivity contribution in [2.75, 3.05) is 20.0 Å². The van der Waals surface area contributed by atoms with E-state index in [0.29, 0.717) is 21.5 Å². The molecule has 0 aliphatic rings. The van der Waals surface area contributed by atoms with Gasteiger partial charge in [-0.25, -0.2) is 0 Å². The largest absolute Gasteiger partial charge is 0.493 e. The Bertz CT molecular complexity index is 386. The topological polar surface area (TPSA) is 58.9 Å². The van der Waals surface area contributed by atoms with Crippen molar-refractivity contribution in [2.24, 2.45) is 0 Å². The maximum atomic E-state index is 9.93. The third kappa shape index (κ3) is 3.28. The number of halogens is 1. The first kappa shape index (κ1) is 14.6. The molecule has 0 spiro atoms. The predicted molar refractivity (Wildman–Crippen MR) is 72.1 cm³/mol. The number of ether oxygens (including phenoxy) is 2. The molecule has 0 radical (unpaired) electrons. The van der Waals surface area contributed by atoms with Crippen molar-refractivity contribution < 1.29 is 19.7 Å². The smallest absolute Gasteiger partial charge is 0.161 e. The van der Waals surface area contributed by atoms with Crippen LogP contribution in [0.25, 0.3) is 0 Å². The molecule has 0 amide bonds. The maximum absolute atomic E-state index is 9.93. The second-order valence-electron chi connectivity index (χ2n) is 3.42. The zero-order valence-corrected chi connectivity index (χ0v) is 12.0. The molecule has 0 saturated heterocycles. The highest BCUT2D eigenvalue weighted by Crippen LogP contribution is 2.36. The molecule has 1 rings (SSSR count). The summed E-state index contributed by atoms with van der Waals surface area (Å²) in [5, 5.41) is 19.5. The fraction of sp³-hybridized carbons (Fsp3) is 0.455. The monoisotopic (exact) mass is 322 g/mol. The van der Waals surface area contributed by atoms with Crippen LogP contribution < -0.4 is 9.47 Å². The first-order valence-electron chi connectivity index (χ1n) is 4.93. The van der Waals surface area contributed by atoms with Gasteiger partial charge >= 0.3 is 0 Å². The van der Waals surface area contributed by atoms with Crippen LogP contribution in [0.2, 0.25) is 0 Å². The number of thiol groups is 1. The van der Waals surface area contributed by atoms with Gasteiger partial charge in [0.15, 0.2) is 11.5 Å². The molecule has 0 saturated carbocycles. The second kappa shape index (κ2) is 6.49. The number of aliphatic hydroxyl groups excluding tert-OH is 2. The summed E-state index contributed by atoms with van der Waals surface area (Å²) in [6.07, 6.45) is -1.96. The Hall–Kier alpha value is -0.430. The summed E-state index contributed by atoms with van der Waals surface area (Å²) in [7, 11) is 3.04. The molecule has 0 fully saturated rings. The average Bonchev–Trinajstić information content (AvgIpc) is 2.36. The van der Waals surface area contributed by atoms with Crippen LogP contribution in [-0.4, -0.2) is 36.3 Å². The molecule has 0 bridgehead atoms. The molecule has 0 aliphatic heterocycles. The minimum atomic E-state index is -1.03. The van der Waals surface area contributed by atoms with E-state index in [0.717, 1.165) is 0 Å². The van der Waals surface area contributed by atoms with E-state index in [4.69, 9.17) is 9.47 Å². The molecule has 2 N–H and O–H groups in total. The van der Waals surface area contributed by atoms with Gasteiger partial charge in [-0.3, -0.25) is 0 Å². The van der Waals surface area contributed by atoms with Crippen molar-refractivity contribution in [3.05, 3.63) is 22.2 Å². The van der Waals surface area contributed by atoms with Gasteiger partial charge in [-0.2, -0.15) is 12.6 Å². The van der Waals surface area contributed by atoms with E-state index < -0.39 is 12.2 Å². The van der Waals surface area contributed by atoms with E-state index >= 15 is 0 Å². The van der Waals surface area contributed by atoms with Gasteiger partial charge in [-0.15, -0.1) is 0 Å². The molecule has 1 aromatic carbocycles. The van der Waals surface area contributed by atoms with Crippen LogP contribution in [0.15, 0.2) is 16.6 Å². The Morgan fingerprint density at radius 2 is 1.76 bits per heavy atom. The summed E-state index contributed by atoms with van der Waals surface area (Å²) in [6, 6.07) is 3.31. The Labute approximate surface area is 114 Å². The Morgan fingerprint density at radius 1 is 1.24 bits per heavy atom. The molecular formula is C11H15BrO4S. The fourth-order valence-electron chi connectivity index (χ4n) is 1.40. The first-order chi connectivity index (χ1) is 8.04. The number of methoxy groups -OCH3 is 2. The van der Waals surface area contributed by atoms with E-state index in [1.165, 1.54) is 14.2 Å². The SMILES string of the molecule is COc1cc(Br)c(C(O)C(O)CS)cc1OC. The lowest BCUT2D eigenvalue weighted by Crippen LogP contribution is -2.20. The highest BCUT2D eigenvalue weighted by atomic mass is 79.9. The number of hydrogen-bond acceptors (Lipinski definition) is 5. The van der Waals surface area contributed by atoms with Crippen LogP contribution in [0, 0.1) is 0 Å². The van der Waals surface area contributed by atoms with Gasteiger partial charge in [-0.1, -0.05) is 15.9 Å². The third-order valence-corrected chi connectivity index (χ3v) is 3.43. The summed E-state index contributed by atoms with van der Waals surface area (Å²) in [5.74, 6) is 1.22. The second-order valence-corrected chi connectivity index (χ2v) is 4.64. The van der Waals surface area contributed by atoms with Crippen LogP contribution >= 0.6 is 28.6 Å². The van der Waals surface area contributed by atoms with E-state index in [-0.39, 0.29) is 5.75 Å². The van der Waals surface area contributed by atoms with Crippen molar-refractivity contribution in [1.82, 2.24) is 0 Å². The Kier molecular flexibility index (Phi) is 5.58. The van der Waals surface area contributed by atoms with Gasteiger partial charge in [0, 0.05) is 15.8 Å². The van der Waals surface area contributed by atoms with Crippen molar-refractivity contribution in [3.63, 3.8) is 0 Å². The molecule has 2 atom stereocenters. The lowest BCUT2D eigenvalue weighted by molar-refractivity contribution is 0.0331. The summed E-state index contributed by atoms with van der Waals surface area (Å²) >= 11 is 7.26. The zero-order chi connectivity index (χ0) is 13.0. The average molecular weight is 323 g/mol. The number of aliphatic hydroxyl groups is 2. The van der Waals surface area contributed by atoms with Gasteiger partial charge in [0.2, 0.25) is 0 Å². The fourth-order valence-corrected chi connectivity index (χ4v) is 2.16. The van der Waals surface area contributed by atoms with Gasteiger partial charge in [0.05, 0.1) is 20.3 Å². The molecule has 0 aliphatic carbocycles. The van der Waals surface area contributed by atoms with Crippen molar-refractivity contribution >= 4 is 28.6 Å². The van der Waals surface area contributed by atoms with Crippen LogP contribution in [0.3, 0.4) is 0 Å². The normalized spacial score (nSPS) is 14.2. The van der Waals surface area contributed by atoms with E-state index in [1.54, 1.807) is 12.1 Å². The Morgan fingerprint density at radius 3 is 2.24 bits per heavy atom. The molecule has 6 heteroatoms. The van der Waals surface area contributed by atoms with Crippen LogP contribution in [0.4, 0.5) is 0 Å². The summed E-state index contributed by atoms with van der Waals surface area (Å²) in [4.78, 5) is 0. The molecule has 4 nitrogen and oxygen atoms in total. The maximum Gasteiger partial charge on any atom is 0.161 e. The number of benzene rings is 1. The van der Waals surface area contributed by atoms with Crippen molar-refractivity contribution in [2.45, 2.75) is 12.2 Å². The lowest BCUT2D eigenvalue weighted by Gasteiger charge is -2.19. The summed E-state index contributed by atoms with van der Waals surface area (Å²) in [6.45, 7) is 0. The third-order valence-electron chi connectivity index (χ3n) is 2.37. The first-order valence-corrected chi connectivity index (χ1v) is 6.36. The van der Waals surface area contributed by atoms with Gasteiger partial charge < -0.3 is 19.7 Å². The molecule has 0 aromatic heterocycles. The summed E-state index contributed by atoms with van der Waals surface area (Å²) < 4.78 is 10.9. The van der Waals surface area contributed by atoms with E-state index in [9.17, 15) is 10.2 Å². The molecule has 2 unspecified atom stereocenters. The van der Waals surface area contributed by atoms with Gasteiger partial charge in [0.1, 0.15) is 6.10 Å². The molecular weight excluding hydrogens is 308 g/mol. The molecule has 17 heavy (non-hydrogen) atoms. The van der Waals surface area contributed by atoms with Gasteiger partial charge in [-0.05, 0) is 12.1 Å². The predicted octanol–water partition coefficient (Wildman–Crippen LogP) is 1.79. The van der Waals surface area contributed by atoms with Crippen LogP contribution in [0.1, 0.15) is 11.7 Å². The minimum Gasteiger partial charge on any atom is -0.493 e. The molecule has 1 aromatic rings. The highest BCUT2D eigenvalue weighted by Gasteiger charge is 2.21. The van der Waals surface area contributed by atoms with E-state index in [1.807, 2.05) is 0 Å². The van der Waals surface area contributed by atoms with E-state index in [2.05, 4.69) is 28.6 Å². The Balaban J connectivity index is 3.16. The van der Waals surface area contributed by atoms with Gasteiger partial charge in [0.25, 0.3) is 0 Å². The standard InChI is InChI=1S/C11H15BrO4S/c1-15-9-3-6(11(14)8(13)5-17)7(12)4-10(9)16-2/h3-4,8,11,13-14,17H,5H2,1-2H3. The van der Waals surface area contributed by atoms with Crippen molar-refractivity contribution in [1.29, 1.82) is 0 Å². The molecule has 96 valence electrons. The zero-order valence-electron chi connectivity index (χ0n) is 9.55. The number of hydrogen-bond donors (Lipinski definition) is 3. The summed E-state index contributed by atoms with van der Waals surface area (Å²) in [5.41, 5.74) is 0.532. The highest BCUT2D eigenvalue weighted by molar-refractivity contribution is 9.10. The lowest BCUT2D eigenvalue weighted by atomic mass is 10.0. The minimum absolute atomic E-state index is 0.169. The number of rotatable bonds is 5. The quantitative estimate of drug-likeness (QED) is 0.723. The van der Waals surface area contributed by atoms with Crippen molar-refractivity contribution in [3.8, 4) is 11.5 Å². The van der Waals surface area contributed by atoms with Crippen LogP contribution in [0.5, 0.6) is 11.5 Å². The van der Waals surface area contributed by atoms with Crippen LogP contribution in [-0.2, 0) is 0 Å². The molecule has 0 heterocycles.